The molecule has 8 heteroatoms. The SMILES string of the molecule is COc1ccc(CC(=O)OCC(=O)[C@@H](C#N)c2nc(C)cs2)cc1F. The van der Waals surface area contributed by atoms with Gasteiger partial charge in [0.15, 0.2) is 29.9 Å². The van der Waals surface area contributed by atoms with Crippen molar-refractivity contribution >= 4 is 23.1 Å². The summed E-state index contributed by atoms with van der Waals surface area (Å²) in [6, 6.07) is 5.97. The predicted molar refractivity (Wildman–Crippen MR) is 87.8 cm³/mol. The highest BCUT2D eigenvalue weighted by atomic mass is 32.1. The Morgan fingerprint density at radius 3 is 2.76 bits per heavy atom. The smallest absolute Gasteiger partial charge is 0.310 e. The first-order valence-electron chi connectivity index (χ1n) is 7.27. The number of esters is 1. The van der Waals surface area contributed by atoms with Crippen molar-refractivity contribution in [3.05, 3.63) is 45.7 Å². The minimum Gasteiger partial charge on any atom is -0.494 e. The lowest BCUT2D eigenvalue weighted by Gasteiger charge is -2.08. The lowest BCUT2D eigenvalue weighted by atomic mass is 10.1. The Labute approximate surface area is 147 Å². The van der Waals surface area contributed by atoms with E-state index < -0.39 is 30.1 Å². The van der Waals surface area contributed by atoms with Crippen molar-refractivity contribution in [1.82, 2.24) is 4.98 Å². The number of halogens is 1. The van der Waals surface area contributed by atoms with E-state index >= 15 is 0 Å². The highest BCUT2D eigenvalue weighted by molar-refractivity contribution is 7.09. The number of hydrogen-bond acceptors (Lipinski definition) is 7. The first-order chi connectivity index (χ1) is 11.9. The first kappa shape index (κ1) is 18.5. The van der Waals surface area contributed by atoms with Crippen molar-refractivity contribution in [2.45, 2.75) is 19.3 Å². The Morgan fingerprint density at radius 1 is 1.44 bits per heavy atom. The number of carbonyl (C=O) groups excluding carboxylic acids is 2. The molecule has 0 aliphatic heterocycles. The number of ether oxygens (including phenoxy) is 2. The summed E-state index contributed by atoms with van der Waals surface area (Å²) in [4.78, 5) is 28.0. The number of hydrogen-bond donors (Lipinski definition) is 0. The molecule has 25 heavy (non-hydrogen) atoms. The molecule has 2 aromatic rings. The third-order valence-corrected chi connectivity index (χ3v) is 4.30. The molecule has 1 aromatic heterocycles. The summed E-state index contributed by atoms with van der Waals surface area (Å²) >= 11 is 1.20. The molecular weight excluding hydrogens is 347 g/mol. The van der Waals surface area contributed by atoms with Gasteiger partial charge in [-0.15, -0.1) is 11.3 Å². The van der Waals surface area contributed by atoms with Crippen LogP contribution in [-0.4, -0.2) is 30.5 Å². The van der Waals surface area contributed by atoms with Gasteiger partial charge in [-0.2, -0.15) is 5.26 Å². The van der Waals surface area contributed by atoms with E-state index in [2.05, 4.69) is 4.98 Å². The average Bonchev–Trinajstić information content (AvgIpc) is 3.00. The Balaban J connectivity index is 1.91. The number of benzene rings is 1. The zero-order chi connectivity index (χ0) is 18.4. The predicted octanol–water partition coefficient (Wildman–Crippen LogP) is 2.56. The summed E-state index contributed by atoms with van der Waals surface area (Å²) in [5.41, 5.74) is 1.11. The Bertz CT molecular complexity index is 828. The average molecular weight is 362 g/mol. The van der Waals surface area contributed by atoms with E-state index in [-0.39, 0.29) is 12.2 Å². The summed E-state index contributed by atoms with van der Waals surface area (Å²) in [5.74, 6) is -2.82. The van der Waals surface area contributed by atoms with Gasteiger partial charge in [0, 0.05) is 11.1 Å². The maximum Gasteiger partial charge on any atom is 0.310 e. The molecular formula is C17H15FN2O4S. The van der Waals surface area contributed by atoms with Gasteiger partial charge in [-0.25, -0.2) is 9.37 Å². The van der Waals surface area contributed by atoms with Crippen LogP contribution in [0.5, 0.6) is 5.75 Å². The van der Waals surface area contributed by atoms with Gasteiger partial charge in [0.1, 0.15) is 5.01 Å². The fourth-order valence-electron chi connectivity index (χ4n) is 2.04. The van der Waals surface area contributed by atoms with E-state index in [1.807, 2.05) is 6.07 Å². The lowest BCUT2D eigenvalue weighted by Crippen LogP contribution is -2.20. The molecule has 0 fully saturated rings. The van der Waals surface area contributed by atoms with Crippen molar-refractivity contribution in [1.29, 1.82) is 5.26 Å². The van der Waals surface area contributed by atoms with Crippen LogP contribution in [-0.2, 0) is 20.7 Å². The van der Waals surface area contributed by atoms with Gasteiger partial charge in [0.05, 0.1) is 19.6 Å². The number of carbonyl (C=O) groups is 2. The Kier molecular flexibility index (Phi) is 6.19. The van der Waals surface area contributed by atoms with E-state index in [0.717, 1.165) is 0 Å². The molecule has 0 amide bonds. The minimum absolute atomic E-state index is 0.0721. The number of nitrogens with zero attached hydrogens (tertiary/aromatic N) is 2. The third kappa shape index (κ3) is 4.84. The molecule has 1 atom stereocenters. The molecule has 0 unspecified atom stereocenters. The molecule has 0 spiro atoms. The second-order valence-electron chi connectivity index (χ2n) is 5.16. The number of aromatic nitrogens is 1. The van der Waals surface area contributed by atoms with Crippen LogP contribution in [0.3, 0.4) is 0 Å². The molecule has 1 aromatic carbocycles. The molecule has 6 nitrogen and oxygen atoms in total. The number of Topliss-reactive ketones (excluding diaryl/α,β-unsaturated/α-hetero) is 1. The minimum atomic E-state index is -1.06. The van der Waals surface area contributed by atoms with Crippen molar-refractivity contribution in [2.75, 3.05) is 13.7 Å². The quantitative estimate of drug-likeness (QED) is 0.703. The van der Waals surface area contributed by atoms with E-state index in [9.17, 15) is 14.0 Å². The molecule has 0 bridgehead atoms. The first-order valence-corrected chi connectivity index (χ1v) is 8.15. The molecule has 130 valence electrons. The molecule has 0 N–H and O–H groups in total. The molecule has 2 rings (SSSR count). The van der Waals surface area contributed by atoms with Crippen molar-refractivity contribution < 1.29 is 23.5 Å². The topological polar surface area (TPSA) is 89.3 Å². The summed E-state index contributed by atoms with van der Waals surface area (Å²) in [5, 5.41) is 11.2. The Morgan fingerprint density at radius 2 is 2.20 bits per heavy atom. The number of thiazole rings is 1. The fourth-order valence-corrected chi connectivity index (χ4v) is 2.90. The van der Waals surface area contributed by atoms with Gasteiger partial charge in [0.2, 0.25) is 0 Å². The maximum atomic E-state index is 13.6. The normalized spacial score (nSPS) is 11.4. The van der Waals surface area contributed by atoms with E-state index in [1.54, 1.807) is 12.3 Å². The zero-order valence-electron chi connectivity index (χ0n) is 13.6. The summed E-state index contributed by atoms with van der Waals surface area (Å²) in [6.07, 6.45) is -0.193. The number of nitriles is 1. The fraction of sp³-hybridized carbons (Fsp3) is 0.294. The van der Waals surface area contributed by atoms with Crippen LogP contribution in [0.1, 0.15) is 22.2 Å². The molecule has 0 aliphatic rings. The van der Waals surface area contributed by atoms with Crippen molar-refractivity contribution in [2.24, 2.45) is 0 Å². The molecule has 0 aliphatic carbocycles. The molecule has 1 heterocycles. The molecule has 0 saturated heterocycles. The second-order valence-corrected chi connectivity index (χ2v) is 6.05. The Hall–Kier alpha value is -2.79. The van der Waals surface area contributed by atoms with Crippen LogP contribution in [0.4, 0.5) is 4.39 Å². The summed E-state index contributed by atoms with van der Waals surface area (Å²) in [6.45, 7) is 1.22. The van der Waals surface area contributed by atoms with E-state index in [1.165, 1.54) is 36.6 Å². The molecule has 0 radical (unpaired) electrons. The lowest BCUT2D eigenvalue weighted by molar-refractivity contribution is -0.147. The van der Waals surface area contributed by atoms with Gasteiger partial charge in [-0.1, -0.05) is 6.07 Å². The van der Waals surface area contributed by atoms with Crippen molar-refractivity contribution in [3.8, 4) is 11.8 Å². The van der Waals surface area contributed by atoms with Crippen LogP contribution in [0.2, 0.25) is 0 Å². The van der Waals surface area contributed by atoms with Gasteiger partial charge in [-0.3, -0.25) is 9.59 Å². The number of methoxy groups -OCH3 is 1. The maximum absolute atomic E-state index is 13.6. The number of ketones is 1. The summed E-state index contributed by atoms with van der Waals surface area (Å²) < 4.78 is 23.3. The van der Waals surface area contributed by atoms with E-state index in [0.29, 0.717) is 16.3 Å². The molecule has 0 saturated carbocycles. The van der Waals surface area contributed by atoms with Crippen LogP contribution in [0, 0.1) is 24.1 Å². The van der Waals surface area contributed by atoms with E-state index in [4.69, 9.17) is 14.7 Å². The van der Waals surface area contributed by atoms with Gasteiger partial charge in [-0.05, 0) is 24.6 Å². The van der Waals surface area contributed by atoms with Crippen LogP contribution < -0.4 is 4.74 Å². The standard InChI is InChI=1S/C17H15FN2O4S/c1-10-9-25-17(20-10)12(7-19)14(21)8-24-16(22)6-11-3-4-15(23-2)13(18)5-11/h3-5,9,12H,6,8H2,1-2H3/t12-/m1/s1. The van der Waals surface area contributed by atoms with Crippen LogP contribution >= 0.6 is 11.3 Å². The van der Waals surface area contributed by atoms with Gasteiger partial charge >= 0.3 is 5.97 Å². The monoisotopic (exact) mass is 362 g/mol. The summed E-state index contributed by atoms with van der Waals surface area (Å²) in [7, 11) is 1.34. The highest BCUT2D eigenvalue weighted by Crippen LogP contribution is 2.21. The second kappa shape index (κ2) is 8.35. The zero-order valence-corrected chi connectivity index (χ0v) is 14.4. The number of aryl methyl sites for hydroxylation is 1. The number of rotatable bonds is 7. The van der Waals surface area contributed by atoms with Crippen molar-refractivity contribution in [3.63, 3.8) is 0 Å². The van der Waals surface area contributed by atoms with Crippen LogP contribution in [0.25, 0.3) is 0 Å². The largest absolute Gasteiger partial charge is 0.494 e. The third-order valence-electron chi connectivity index (χ3n) is 3.27. The van der Waals surface area contributed by atoms with Gasteiger partial charge < -0.3 is 9.47 Å². The van der Waals surface area contributed by atoms with Crippen LogP contribution in [0.15, 0.2) is 23.6 Å². The highest BCUT2D eigenvalue weighted by Gasteiger charge is 2.24. The van der Waals surface area contributed by atoms with Gasteiger partial charge in [0.25, 0.3) is 0 Å².